The largest absolute Gasteiger partial charge is 0.480 e. The SMILES string of the molecule is CC1(C)[C@H](C(=O)O)N2C(=O)[C@@H](NC(=O)Cc3ccccc3)[C@H]2S1(=O)=O. The van der Waals surface area contributed by atoms with Crippen molar-refractivity contribution in [3.8, 4) is 0 Å². The molecule has 3 atom stereocenters. The maximum atomic E-state index is 12.7. The van der Waals surface area contributed by atoms with E-state index in [0.29, 0.717) is 0 Å². The van der Waals surface area contributed by atoms with Gasteiger partial charge in [-0.3, -0.25) is 9.59 Å². The topological polar surface area (TPSA) is 121 Å². The third-order valence-electron chi connectivity index (χ3n) is 4.83. The number of fused-ring (bicyclic) bond motifs is 1. The number of amides is 2. The van der Waals surface area contributed by atoms with E-state index in [1.165, 1.54) is 13.8 Å². The summed E-state index contributed by atoms with van der Waals surface area (Å²) >= 11 is 0. The lowest BCUT2D eigenvalue weighted by Crippen LogP contribution is -2.72. The van der Waals surface area contributed by atoms with Crippen molar-refractivity contribution in [2.45, 2.75) is 42.5 Å². The number of sulfone groups is 1. The molecule has 0 aliphatic carbocycles. The average molecular weight is 366 g/mol. The Morgan fingerprint density at radius 2 is 1.84 bits per heavy atom. The maximum absolute atomic E-state index is 12.7. The summed E-state index contributed by atoms with van der Waals surface area (Å²) < 4.78 is 23.7. The lowest BCUT2D eigenvalue weighted by molar-refractivity contribution is -0.161. The molecule has 2 heterocycles. The van der Waals surface area contributed by atoms with E-state index in [1.807, 2.05) is 0 Å². The Morgan fingerprint density at radius 1 is 1.24 bits per heavy atom. The molecule has 134 valence electrons. The highest BCUT2D eigenvalue weighted by Crippen LogP contribution is 2.45. The number of hydrogen-bond donors (Lipinski definition) is 2. The Balaban J connectivity index is 1.81. The smallest absolute Gasteiger partial charge is 0.328 e. The summed E-state index contributed by atoms with van der Waals surface area (Å²) in [7, 11) is -3.95. The molecule has 0 saturated carbocycles. The first-order valence-electron chi connectivity index (χ1n) is 7.70. The number of nitrogens with one attached hydrogen (secondary N) is 1. The first kappa shape index (κ1) is 17.4. The van der Waals surface area contributed by atoms with Gasteiger partial charge in [0.25, 0.3) is 0 Å². The molecule has 2 aliphatic heterocycles. The third-order valence-corrected chi connectivity index (χ3v) is 7.65. The number of β-lactam (4-membered cyclic amide) rings is 1. The molecule has 8 nitrogen and oxygen atoms in total. The molecule has 1 aromatic rings. The second-order valence-electron chi connectivity index (χ2n) is 6.73. The number of aliphatic carboxylic acids is 1. The molecule has 0 aromatic heterocycles. The van der Waals surface area contributed by atoms with Gasteiger partial charge in [0.2, 0.25) is 11.8 Å². The van der Waals surface area contributed by atoms with Gasteiger partial charge in [0, 0.05) is 0 Å². The van der Waals surface area contributed by atoms with E-state index in [1.54, 1.807) is 30.3 Å². The molecule has 0 bridgehead atoms. The molecule has 9 heteroatoms. The molecule has 2 aliphatic rings. The zero-order valence-corrected chi connectivity index (χ0v) is 14.5. The highest BCUT2D eigenvalue weighted by Gasteiger charge is 2.72. The number of carboxylic acids is 1. The van der Waals surface area contributed by atoms with Crippen LogP contribution in [0.2, 0.25) is 0 Å². The van der Waals surface area contributed by atoms with Crippen LogP contribution in [0.25, 0.3) is 0 Å². The summed E-state index contributed by atoms with van der Waals surface area (Å²) in [6.07, 6.45) is 0.00311. The van der Waals surface area contributed by atoms with Crippen LogP contribution in [-0.2, 0) is 30.6 Å². The highest BCUT2D eigenvalue weighted by molar-refractivity contribution is 7.94. The van der Waals surface area contributed by atoms with Gasteiger partial charge in [-0.1, -0.05) is 30.3 Å². The van der Waals surface area contributed by atoms with Crippen molar-refractivity contribution in [3.05, 3.63) is 35.9 Å². The number of carboxylic acid groups (broad SMARTS) is 1. The van der Waals surface area contributed by atoms with Gasteiger partial charge >= 0.3 is 5.97 Å². The van der Waals surface area contributed by atoms with Crippen molar-refractivity contribution >= 4 is 27.6 Å². The Hall–Kier alpha value is -2.42. The van der Waals surface area contributed by atoms with Gasteiger partial charge in [0.1, 0.15) is 16.8 Å². The van der Waals surface area contributed by atoms with E-state index < -0.39 is 49.8 Å². The van der Waals surface area contributed by atoms with Gasteiger partial charge in [0.15, 0.2) is 15.2 Å². The predicted molar refractivity (Wildman–Crippen MR) is 87.1 cm³/mol. The van der Waals surface area contributed by atoms with Crippen molar-refractivity contribution < 1.29 is 27.9 Å². The van der Waals surface area contributed by atoms with Crippen LogP contribution < -0.4 is 5.32 Å². The molecule has 25 heavy (non-hydrogen) atoms. The van der Waals surface area contributed by atoms with Crippen molar-refractivity contribution in [2.75, 3.05) is 0 Å². The molecule has 0 radical (unpaired) electrons. The van der Waals surface area contributed by atoms with Gasteiger partial charge in [-0.25, -0.2) is 13.2 Å². The van der Waals surface area contributed by atoms with E-state index in [2.05, 4.69) is 5.32 Å². The van der Waals surface area contributed by atoms with Gasteiger partial charge in [-0.2, -0.15) is 0 Å². The molecule has 0 spiro atoms. The van der Waals surface area contributed by atoms with Gasteiger partial charge in [-0.05, 0) is 19.4 Å². The van der Waals surface area contributed by atoms with Gasteiger partial charge < -0.3 is 15.3 Å². The van der Waals surface area contributed by atoms with Crippen LogP contribution in [0.3, 0.4) is 0 Å². The van der Waals surface area contributed by atoms with Gasteiger partial charge in [-0.15, -0.1) is 0 Å². The van der Waals surface area contributed by atoms with Crippen LogP contribution in [0.15, 0.2) is 30.3 Å². The Bertz CT molecular complexity index is 849. The fraction of sp³-hybridized carbons (Fsp3) is 0.438. The standard InChI is InChI=1S/C16H18N2O6S/c1-16(2)12(15(21)22)18-13(20)11(14(18)25(16,23)24)17-10(19)8-9-6-4-3-5-7-9/h3-7,11-12,14H,8H2,1-2H3,(H,17,19)(H,21,22)/t11-,12+,14-/m1/s1. The summed E-state index contributed by atoms with van der Waals surface area (Å²) in [5.74, 6) is -2.55. The van der Waals surface area contributed by atoms with Crippen LogP contribution in [-0.4, -0.2) is 58.4 Å². The van der Waals surface area contributed by atoms with Crippen molar-refractivity contribution in [2.24, 2.45) is 0 Å². The van der Waals surface area contributed by atoms with E-state index in [9.17, 15) is 27.9 Å². The molecule has 2 N–H and O–H groups in total. The Morgan fingerprint density at radius 3 is 2.40 bits per heavy atom. The molecule has 2 amide bonds. The van der Waals surface area contributed by atoms with E-state index in [0.717, 1.165) is 10.5 Å². The van der Waals surface area contributed by atoms with E-state index in [4.69, 9.17) is 0 Å². The lowest BCUT2D eigenvalue weighted by atomic mass is 9.96. The predicted octanol–water partition coefficient (Wildman–Crippen LogP) is -0.458. The minimum atomic E-state index is -3.95. The van der Waals surface area contributed by atoms with Crippen LogP contribution in [0, 0.1) is 0 Å². The van der Waals surface area contributed by atoms with Crippen LogP contribution in [0.1, 0.15) is 19.4 Å². The average Bonchev–Trinajstić information content (AvgIpc) is 2.67. The zero-order valence-electron chi connectivity index (χ0n) is 13.7. The lowest BCUT2D eigenvalue weighted by Gasteiger charge is -2.42. The summed E-state index contributed by atoms with van der Waals surface area (Å²) in [6, 6.07) is 6.10. The van der Waals surface area contributed by atoms with Gasteiger partial charge in [0.05, 0.1) is 6.42 Å². The first-order chi connectivity index (χ1) is 11.6. The fourth-order valence-corrected chi connectivity index (χ4v) is 5.66. The van der Waals surface area contributed by atoms with Crippen molar-refractivity contribution in [1.82, 2.24) is 10.2 Å². The normalized spacial score (nSPS) is 28.8. The number of benzene rings is 1. The maximum Gasteiger partial charge on any atom is 0.328 e. The van der Waals surface area contributed by atoms with Crippen LogP contribution in [0.4, 0.5) is 0 Å². The third kappa shape index (κ3) is 2.41. The Labute approximate surface area is 144 Å². The summed E-state index contributed by atoms with van der Waals surface area (Å²) in [4.78, 5) is 36.8. The van der Waals surface area contributed by atoms with E-state index >= 15 is 0 Å². The fourth-order valence-electron chi connectivity index (χ4n) is 3.45. The van der Waals surface area contributed by atoms with E-state index in [-0.39, 0.29) is 6.42 Å². The number of nitrogens with zero attached hydrogens (tertiary/aromatic N) is 1. The number of carbonyl (C=O) groups excluding carboxylic acids is 2. The monoisotopic (exact) mass is 366 g/mol. The number of rotatable bonds is 4. The molecule has 3 rings (SSSR count). The highest BCUT2D eigenvalue weighted by atomic mass is 32.2. The van der Waals surface area contributed by atoms with Crippen LogP contribution in [0.5, 0.6) is 0 Å². The van der Waals surface area contributed by atoms with Crippen molar-refractivity contribution in [3.63, 3.8) is 0 Å². The second kappa shape index (κ2) is 5.55. The second-order valence-corrected chi connectivity index (χ2v) is 9.36. The van der Waals surface area contributed by atoms with Crippen molar-refractivity contribution in [1.29, 1.82) is 0 Å². The first-order valence-corrected chi connectivity index (χ1v) is 9.25. The molecular weight excluding hydrogens is 348 g/mol. The summed E-state index contributed by atoms with van der Waals surface area (Å²) in [5, 5.41) is 10.4. The number of carbonyl (C=O) groups is 3. The molecule has 2 fully saturated rings. The Kier molecular flexibility index (Phi) is 3.86. The number of hydrogen-bond acceptors (Lipinski definition) is 5. The minimum Gasteiger partial charge on any atom is -0.480 e. The molecular formula is C16H18N2O6S. The molecule has 0 unspecified atom stereocenters. The quantitative estimate of drug-likeness (QED) is 0.696. The minimum absolute atomic E-state index is 0.00311. The zero-order chi connectivity index (χ0) is 18.6. The molecule has 1 aromatic carbocycles. The summed E-state index contributed by atoms with van der Waals surface area (Å²) in [5.41, 5.74) is 0.724. The van der Waals surface area contributed by atoms with Crippen LogP contribution >= 0.6 is 0 Å². The summed E-state index contributed by atoms with van der Waals surface area (Å²) in [6.45, 7) is 2.57. The molecule has 2 saturated heterocycles.